The van der Waals surface area contributed by atoms with E-state index in [4.69, 9.17) is 24.3 Å². The molecular weight excluding hydrogens is 737 g/mol. The van der Waals surface area contributed by atoms with E-state index < -0.39 is 32.5 Å². The molecule has 0 saturated carbocycles. The highest BCUT2D eigenvalue weighted by Crippen LogP contribution is 2.43. The predicted molar refractivity (Wildman–Crippen MR) is 238 cm³/mol. The summed E-state index contributed by atoms with van der Waals surface area (Å²) in [6.45, 7) is 3.63. The van der Waals surface area contributed by atoms with Crippen LogP contribution in [-0.4, -0.2) is 49.3 Å². The van der Waals surface area contributed by atoms with Gasteiger partial charge in [0.2, 0.25) is 0 Å². The molecule has 0 aromatic carbocycles. The Labute approximate surface area is 349 Å². The molecule has 0 aliphatic rings. The Morgan fingerprint density at radius 1 is 0.526 bits per heavy atom. The number of phosphoric acid groups is 1. The quantitative estimate of drug-likeness (QED) is 0.0267. The predicted octanol–water partition coefficient (Wildman–Crippen LogP) is 13.3. The Morgan fingerprint density at radius 3 is 1.42 bits per heavy atom. The summed E-state index contributed by atoms with van der Waals surface area (Å²) in [7, 11) is -4.40. The van der Waals surface area contributed by atoms with E-state index in [2.05, 4.69) is 62.5 Å². The first-order valence-corrected chi connectivity index (χ1v) is 24.3. The van der Waals surface area contributed by atoms with Crippen LogP contribution in [0.2, 0.25) is 0 Å². The van der Waals surface area contributed by atoms with Crippen molar-refractivity contribution in [2.75, 3.05) is 26.4 Å². The highest BCUT2D eigenvalue weighted by Gasteiger charge is 2.25. The maximum atomic E-state index is 12.6. The third-order valence-electron chi connectivity index (χ3n) is 9.42. The van der Waals surface area contributed by atoms with Gasteiger partial charge in [-0.1, -0.05) is 190 Å². The second-order valence-electron chi connectivity index (χ2n) is 14.9. The Kier molecular flexibility index (Phi) is 41.6. The number of allylic oxidation sites excluding steroid dienone is 10. The maximum Gasteiger partial charge on any atom is 0.472 e. The zero-order chi connectivity index (χ0) is 41.8. The SMILES string of the molecule is CCCCCC=CCC=CCC=CCC=CCC=CCCC(=O)OC(COC(=O)CCCCCCCCCCCCCCCCCCC)COP(=O)(O)OCCN. The Hall–Kier alpha value is -2.29. The first-order valence-electron chi connectivity index (χ1n) is 22.8. The van der Waals surface area contributed by atoms with Crippen LogP contribution in [0.4, 0.5) is 0 Å². The number of ether oxygens (including phenoxy) is 2. The van der Waals surface area contributed by atoms with Crippen molar-refractivity contribution in [2.24, 2.45) is 5.73 Å². The molecule has 0 saturated heterocycles. The topological polar surface area (TPSA) is 134 Å². The van der Waals surface area contributed by atoms with E-state index in [0.717, 1.165) is 44.9 Å². The standard InChI is InChI=1S/C47H84NO8P/c1-3-5-7-9-11-13-15-17-19-21-22-24-26-28-30-32-34-36-38-40-47(50)56-45(44-55-57(51,52)54-42-41-48)43-53-46(49)39-37-35-33-31-29-27-25-23-20-18-16-14-12-10-8-6-4-2/h11,13,17,19,22,24,28,30,34,36,45H,3-10,12,14-16,18,20-21,23,25-27,29,31-33,35,37-44,48H2,1-2H3,(H,51,52). The van der Waals surface area contributed by atoms with Gasteiger partial charge in [-0.25, -0.2) is 4.57 Å². The van der Waals surface area contributed by atoms with E-state index in [1.165, 1.54) is 116 Å². The highest BCUT2D eigenvalue weighted by atomic mass is 31.2. The summed E-state index contributed by atoms with van der Waals surface area (Å²) in [6, 6.07) is 0. The number of hydrogen-bond acceptors (Lipinski definition) is 8. The van der Waals surface area contributed by atoms with Crippen LogP contribution in [0.1, 0.15) is 194 Å². The second kappa shape index (κ2) is 43.3. The number of nitrogens with two attached hydrogens (primary N) is 1. The molecule has 0 bridgehead atoms. The Bertz CT molecular complexity index is 1120. The average Bonchev–Trinajstić information content (AvgIpc) is 3.20. The van der Waals surface area contributed by atoms with Gasteiger partial charge in [-0.3, -0.25) is 18.6 Å². The van der Waals surface area contributed by atoms with Crippen molar-refractivity contribution in [3.8, 4) is 0 Å². The lowest BCUT2D eigenvalue weighted by molar-refractivity contribution is -0.161. The molecule has 3 N–H and O–H groups in total. The average molecular weight is 822 g/mol. The molecule has 0 aliphatic heterocycles. The number of carbonyl (C=O) groups is 2. The van der Waals surface area contributed by atoms with Crippen LogP contribution in [0, 0.1) is 0 Å². The van der Waals surface area contributed by atoms with E-state index >= 15 is 0 Å². The Balaban J connectivity index is 4.24. The summed E-state index contributed by atoms with van der Waals surface area (Å²) >= 11 is 0. The van der Waals surface area contributed by atoms with Gasteiger partial charge in [0.1, 0.15) is 6.61 Å². The molecule has 9 nitrogen and oxygen atoms in total. The fourth-order valence-electron chi connectivity index (χ4n) is 6.03. The van der Waals surface area contributed by atoms with Crippen molar-refractivity contribution in [3.05, 3.63) is 60.8 Å². The molecule has 10 heteroatoms. The van der Waals surface area contributed by atoms with E-state index in [9.17, 15) is 19.0 Å². The van der Waals surface area contributed by atoms with Gasteiger partial charge < -0.3 is 20.1 Å². The van der Waals surface area contributed by atoms with E-state index in [0.29, 0.717) is 6.42 Å². The normalized spacial score (nSPS) is 13.8. The molecule has 0 rings (SSSR count). The zero-order valence-corrected chi connectivity index (χ0v) is 37.2. The summed E-state index contributed by atoms with van der Waals surface area (Å²) < 4.78 is 32.7. The minimum atomic E-state index is -4.40. The lowest BCUT2D eigenvalue weighted by Gasteiger charge is -2.19. The van der Waals surface area contributed by atoms with Crippen LogP contribution in [0.15, 0.2) is 60.8 Å². The van der Waals surface area contributed by atoms with Crippen LogP contribution < -0.4 is 5.73 Å². The van der Waals surface area contributed by atoms with Crippen molar-refractivity contribution < 1.29 is 37.6 Å². The fraction of sp³-hybridized carbons (Fsp3) is 0.745. The second-order valence-corrected chi connectivity index (χ2v) is 16.4. The van der Waals surface area contributed by atoms with Gasteiger partial charge in [0.05, 0.1) is 13.2 Å². The van der Waals surface area contributed by atoms with Crippen molar-refractivity contribution in [1.82, 2.24) is 0 Å². The monoisotopic (exact) mass is 822 g/mol. The molecular formula is C47H84NO8P. The molecule has 2 atom stereocenters. The summed E-state index contributed by atoms with van der Waals surface area (Å²) in [5, 5.41) is 0. The Morgan fingerprint density at radius 2 is 0.947 bits per heavy atom. The minimum Gasteiger partial charge on any atom is -0.462 e. The smallest absolute Gasteiger partial charge is 0.462 e. The first kappa shape index (κ1) is 54.7. The first-order chi connectivity index (χ1) is 27.8. The largest absolute Gasteiger partial charge is 0.472 e. The molecule has 57 heavy (non-hydrogen) atoms. The van der Waals surface area contributed by atoms with Gasteiger partial charge >= 0.3 is 19.8 Å². The van der Waals surface area contributed by atoms with Crippen molar-refractivity contribution >= 4 is 19.8 Å². The maximum absolute atomic E-state index is 12.6. The molecule has 0 radical (unpaired) electrons. The van der Waals surface area contributed by atoms with Crippen LogP contribution in [-0.2, 0) is 32.7 Å². The van der Waals surface area contributed by atoms with Crippen LogP contribution >= 0.6 is 7.82 Å². The van der Waals surface area contributed by atoms with Crippen molar-refractivity contribution in [1.29, 1.82) is 0 Å². The molecule has 0 heterocycles. The fourth-order valence-corrected chi connectivity index (χ4v) is 6.79. The lowest BCUT2D eigenvalue weighted by Crippen LogP contribution is -2.29. The number of carbonyl (C=O) groups excluding carboxylic acids is 2. The van der Waals surface area contributed by atoms with Gasteiger partial charge in [-0.05, 0) is 51.4 Å². The number of rotatable bonds is 42. The zero-order valence-electron chi connectivity index (χ0n) is 36.3. The summed E-state index contributed by atoms with van der Waals surface area (Å²) in [5.74, 6) is -0.922. The number of hydrogen-bond donors (Lipinski definition) is 2. The van der Waals surface area contributed by atoms with E-state index in [1.807, 2.05) is 12.2 Å². The van der Waals surface area contributed by atoms with Crippen LogP contribution in [0.5, 0.6) is 0 Å². The summed E-state index contributed by atoms with van der Waals surface area (Å²) in [4.78, 5) is 34.9. The molecule has 0 aliphatic carbocycles. The molecule has 2 unspecified atom stereocenters. The molecule has 0 spiro atoms. The lowest BCUT2D eigenvalue weighted by atomic mass is 10.0. The summed E-state index contributed by atoms with van der Waals surface area (Å²) in [5.41, 5.74) is 5.35. The van der Waals surface area contributed by atoms with Gasteiger partial charge in [0, 0.05) is 19.4 Å². The van der Waals surface area contributed by atoms with Gasteiger partial charge in [-0.15, -0.1) is 0 Å². The van der Waals surface area contributed by atoms with E-state index in [1.54, 1.807) is 0 Å². The molecule has 0 aromatic rings. The van der Waals surface area contributed by atoms with Crippen LogP contribution in [0.25, 0.3) is 0 Å². The third kappa shape index (κ3) is 43.1. The van der Waals surface area contributed by atoms with Gasteiger partial charge in [0.15, 0.2) is 6.10 Å². The van der Waals surface area contributed by atoms with Crippen LogP contribution in [0.3, 0.4) is 0 Å². The molecule has 0 aromatic heterocycles. The van der Waals surface area contributed by atoms with Gasteiger partial charge in [0.25, 0.3) is 0 Å². The van der Waals surface area contributed by atoms with E-state index in [-0.39, 0.29) is 32.6 Å². The number of esters is 2. The molecule has 330 valence electrons. The molecule has 0 fully saturated rings. The van der Waals surface area contributed by atoms with Crippen molar-refractivity contribution in [2.45, 2.75) is 200 Å². The van der Waals surface area contributed by atoms with Gasteiger partial charge in [-0.2, -0.15) is 0 Å². The third-order valence-corrected chi connectivity index (χ3v) is 10.4. The highest BCUT2D eigenvalue weighted by molar-refractivity contribution is 7.47. The number of unbranched alkanes of at least 4 members (excludes halogenated alkanes) is 19. The van der Waals surface area contributed by atoms with Crippen molar-refractivity contribution in [3.63, 3.8) is 0 Å². The molecule has 0 amide bonds. The minimum absolute atomic E-state index is 0.0409. The summed E-state index contributed by atoms with van der Waals surface area (Å²) in [6.07, 6.45) is 51.2. The number of phosphoric ester groups is 1.